The molecular formula is C22H20O5. The first-order chi connectivity index (χ1) is 13.0. The van der Waals surface area contributed by atoms with Gasteiger partial charge in [0.25, 0.3) is 0 Å². The van der Waals surface area contributed by atoms with Crippen LogP contribution >= 0.6 is 0 Å². The number of methoxy groups -OCH3 is 2. The van der Waals surface area contributed by atoms with E-state index in [4.69, 9.17) is 14.2 Å². The van der Waals surface area contributed by atoms with Gasteiger partial charge in [-0.05, 0) is 42.6 Å². The summed E-state index contributed by atoms with van der Waals surface area (Å²) in [6, 6.07) is 16.0. The largest absolute Gasteiger partial charge is 0.496 e. The van der Waals surface area contributed by atoms with Gasteiger partial charge in [-0.1, -0.05) is 24.3 Å². The zero-order valence-electron chi connectivity index (χ0n) is 15.4. The molecule has 5 heteroatoms. The maximum absolute atomic E-state index is 12.7. The molecule has 0 saturated heterocycles. The minimum Gasteiger partial charge on any atom is -0.496 e. The monoisotopic (exact) mass is 364 g/mol. The second-order valence-corrected chi connectivity index (χ2v) is 6.02. The normalized spacial score (nSPS) is 10.5. The average molecular weight is 364 g/mol. The first kappa shape index (κ1) is 18.5. The summed E-state index contributed by atoms with van der Waals surface area (Å²) >= 11 is 0. The van der Waals surface area contributed by atoms with Gasteiger partial charge in [0.05, 0.1) is 19.8 Å². The lowest BCUT2D eigenvalue weighted by molar-refractivity contribution is 0.0472. The number of fused-ring (bicyclic) bond motifs is 1. The van der Waals surface area contributed by atoms with Crippen molar-refractivity contribution in [2.24, 2.45) is 0 Å². The van der Waals surface area contributed by atoms with Crippen molar-refractivity contribution in [1.82, 2.24) is 0 Å². The van der Waals surface area contributed by atoms with Gasteiger partial charge in [-0.25, -0.2) is 4.79 Å². The van der Waals surface area contributed by atoms with Crippen LogP contribution in [0.25, 0.3) is 10.8 Å². The zero-order valence-corrected chi connectivity index (χ0v) is 15.4. The van der Waals surface area contributed by atoms with Gasteiger partial charge in [-0.3, -0.25) is 4.79 Å². The molecule has 0 aromatic heterocycles. The second-order valence-electron chi connectivity index (χ2n) is 6.02. The van der Waals surface area contributed by atoms with Crippen LogP contribution in [0.4, 0.5) is 0 Å². The number of carbonyl (C=O) groups is 2. The maximum atomic E-state index is 12.7. The number of carbonyl (C=O) groups excluding carboxylic acids is 2. The quantitative estimate of drug-likeness (QED) is 0.479. The lowest BCUT2D eigenvalue weighted by Gasteiger charge is -2.12. The van der Waals surface area contributed by atoms with Gasteiger partial charge in [0, 0.05) is 16.5 Å². The third-order valence-electron chi connectivity index (χ3n) is 4.37. The molecule has 5 nitrogen and oxygen atoms in total. The number of hydrogen-bond donors (Lipinski definition) is 0. The molecule has 0 aliphatic carbocycles. The molecule has 0 bridgehead atoms. The van der Waals surface area contributed by atoms with Gasteiger partial charge in [-0.15, -0.1) is 0 Å². The molecule has 0 unspecified atom stereocenters. The fourth-order valence-corrected chi connectivity index (χ4v) is 2.96. The average Bonchev–Trinajstić information content (AvgIpc) is 2.70. The molecule has 0 heterocycles. The Hall–Kier alpha value is -3.34. The number of ether oxygens (including phenoxy) is 3. The summed E-state index contributed by atoms with van der Waals surface area (Å²) < 4.78 is 16.2. The van der Waals surface area contributed by atoms with Crippen molar-refractivity contribution in [3.63, 3.8) is 0 Å². The molecule has 0 N–H and O–H groups in total. The van der Waals surface area contributed by atoms with Crippen LogP contribution < -0.4 is 9.47 Å². The topological polar surface area (TPSA) is 61.8 Å². The molecule has 0 saturated carbocycles. The summed E-state index contributed by atoms with van der Waals surface area (Å²) in [6.07, 6.45) is 0. The highest BCUT2D eigenvalue weighted by Crippen LogP contribution is 2.29. The van der Waals surface area contributed by atoms with Gasteiger partial charge in [0.15, 0.2) is 5.78 Å². The first-order valence-corrected chi connectivity index (χ1v) is 8.46. The Morgan fingerprint density at radius 3 is 2.19 bits per heavy atom. The number of esters is 1. The van der Waals surface area contributed by atoms with E-state index in [1.54, 1.807) is 37.4 Å². The van der Waals surface area contributed by atoms with Crippen molar-refractivity contribution < 1.29 is 23.8 Å². The number of ketones is 1. The molecule has 138 valence electrons. The van der Waals surface area contributed by atoms with E-state index >= 15 is 0 Å². The Kier molecular flexibility index (Phi) is 5.41. The highest BCUT2D eigenvalue weighted by molar-refractivity contribution is 6.06. The molecule has 3 aromatic rings. The highest BCUT2D eigenvalue weighted by atomic mass is 16.5. The van der Waals surface area contributed by atoms with E-state index < -0.39 is 5.97 Å². The van der Waals surface area contributed by atoms with Crippen LogP contribution in [0, 0.1) is 0 Å². The van der Waals surface area contributed by atoms with E-state index in [0.717, 1.165) is 10.8 Å². The van der Waals surface area contributed by atoms with Gasteiger partial charge < -0.3 is 14.2 Å². The van der Waals surface area contributed by atoms with Crippen LogP contribution in [-0.4, -0.2) is 26.0 Å². The van der Waals surface area contributed by atoms with Crippen molar-refractivity contribution in [2.45, 2.75) is 13.5 Å². The van der Waals surface area contributed by atoms with Crippen molar-refractivity contribution in [2.75, 3.05) is 14.2 Å². The molecule has 27 heavy (non-hydrogen) atoms. The summed E-state index contributed by atoms with van der Waals surface area (Å²) in [4.78, 5) is 24.3. The first-order valence-electron chi connectivity index (χ1n) is 8.46. The number of Topliss-reactive ketones (excluding diaryl/α,β-unsaturated/α-hetero) is 1. The van der Waals surface area contributed by atoms with Gasteiger partial charge in [0.2, 0.25) is 0 Å². The Morgan fingerprint density at radius 2 is 1.52 bits per heavy atom. The summed E-state index contributed by atoms with van der Waals surface area (Å²) in [5, 5.41) is 1.59. The second kappa shape index (κ2) is 7.91. The van der Waals surface area contributed by atoms with Crippen LogP contribution in [-0.2, 0) is 11.3 Å². The molecule has 3 aromatic carbocycles. The Labute approximate surface area is 157 Å². The van der Waals surface area contributed by atoms with Crippen LogP contribution in [0.1, 0.15) is 33.2 Å². The van der Waals surface area contributed by atoms with Crippen molar-refractivity contribution in [3.05, 3.63) is 71.3 Å². The molecule has 0 radical (unpaired) electrons. The van der Waals surface area contributed by atoms with Crippen LogP contribution in [0.15, 0.2) is 54.6 Å². The van der Waals surface area contributed by atoms with Crippen LogP contribution in [0.2, 0.25) is 0 Å². The lowest BCUT2D eigenvalue weighted by atomic mass is 10.0. The predicted molar refractivity (Wildman–Crippen MR) is 103 cm³/mol. The van der Waals surface area contributed by atoms with Gasteiger partial charge in [-0.2, -0.15) is 0 Å². The summed E-state index contributed by atoms with van der Waals surface area (Å²) in [5.41, 5.74) is 1.63. The maximum Gasteiger partial charge on any atom is 0.339 e. The van der Waals surface area contributed by atoms with Crippen LogP contribution in [0.3, 0.4) is 0 Å². The molecule has 0 fully saturated rings. The summed E-state index contributed by atoms with van der Waals surface area (Å²) in [7, 11) is 3.12. The van der Waals surface area contributed by atoms with Gasteiger partial charge in [0.1, 0.15) is 18.1 Å². The minimum absolute atomic E-state index is 0.00346. The van der Waals surface area contributed by atoms with E-state index in [1.165, 1.54) is 14.0 Å². The predicted octanol–water partition coefficient (Wildman–Crippen LogP) is 4.42. The third kappa shape index (κ3) is 3.77. The molecule has 0 atom stereocenters. The van der Waals surface area contributed by atoms with E-state index in [-0.39, 0.29) is 12.4 Å². The molecular weight excluding hydrogens is 344 g/mol. The fraction of sp³-hybridized carbons (Fsp3) is 0.182. The van der Waals surface area contributed by atoms with E-state index in [0.29, 0.717) is 28.2 Å². The molecule has 0 spiro atoms. The van der Waals surface area contributed by atoms with E-state index in [2.05, 4.69) is 0 Å². The SMILES string of the molecule is COc1ccc(C(C)=O)cc1COC(=O)c1ccc(OC)c2ccccc12. The number of benzene rings is 3. The number of rotatable bonds is 6. The summed E-state index contributed by atoms with van der Waals surface area (Å²) in [5.74, 6) is 0.737. The smallest absolute Gasteiger partial charge is 0.339 e. The fourth-order valence-electron chi connectivity index (χ4n) is 2.96. The molecule has 3 rings (SSSR count). The molecule has 0 aliphatic rings. The Balaban J connectivity index is 1.88. The minimum atomic E-state index is -0.455. The lowest BCUT2D eigenvalue weighted by Crippen LogP contribution is -2.08. The standard InChI is InChI=1S/C22H20O5/c1-14(23)15-8-10-20(25-2)16(12-15)13-27-22(24)19-9-11-21(26-3)18-7-5-4-6-17(18)19/h4-12H,13H2,1-3H3. The van der Waals surface area contributed by atoms with Crippen molar-refractivity contribution in [3.8, 4) is 11.5 Å². The third-order valence-corrected chi connectivity index (χ3v) is 4.37. The van der Waals surface area contributed by atoms with E-state index in [9.17, 15) is 9.59 Å². The van der Waals surface area contributed by atoms with E-state index in [1.807, 2.05) is 24.3 Å². The Morgan fingerprint density at radius 1 is 0.852 bits per heavy atom. The highest BCUT2D eigenvalue weighted by Gasteiger charge is 2.15. The number of hydrogen-bond acceptors (Lipinski definition) is 5. The van der Waals surface area contributed by atoms with Crippen molar-refractivity contribution in [1.29, 1.82) is 0 Å². The molecule has 0 amide bonds. The van der Waals surface area contributed by atoms with Crippen LogP contribution in [0.5, 0.6) is 11.5 Å². The zero-order chi connectivity index (χ0) is 19.4. The molecule has 0 aliphatic heterocycles. The van der Waals surface area contributed by atoms with Crippen molar-refractivity contribution >= 4 is 22.5 Å². The Bertz CT molecular complexity index is 1010. The van der Waals surface area contributed by atoms with Gasteiger partial charge >= 0.3 is 5.97 Å². The summed E-state index contributed by atoms with van der Waals surface area (Å²) in [6.45, 7) is 1.49.